The topological polar surface area (TPSA) is 89.8 Å². The molecule has 0 radical (unpaired) electrons. The summed E-state index contributed by atoms with van der Waals surface area (Å²) in [5.41, 5.74) is 1.11. The van der Waals surface area contributed by atoms with Gasteiger partial charge in [0.25, 0.3) is 5.56 Å². The van der Waals surface area contributed by atoms with Crippen LogP contribution in [0.15, 0.2) is 16.4 Å². The second-order valence-electron chi connectivity index (χ2n) is 7.93. The van der Waals surface area contributed by atoms with E-state index in [1.165, 1.54) is 16.2 Å². The van der Waals surface area contributed by atoms with E-state index in [-0.39, 0.29) is 23.4 Å². The van der Waals surface area contributed by atoms with E-state index in [2.05, 4.69) is 41.4 Å². The first-order valence-corrected chi connectivity index (χ1v) is 10.6. The van der Waals surface area contributed by atoms with Crippen molar-refractivity contribution in [2.45, 2.75) is 46.6 Å². The summed E-state index contributed by atoms with van der Waals surface area (Å²) >= 11 is 2.90. The predicted molar refractivity (Wildman–Crippen MR) is 107 cm³/mol. The van der Waals surface area contributed by atoms with Crippen molar-refractivity contribution in [3.8, 4) is 0 Å². The molecular weight excluding hydrogens is 382 g/mol. The van der Waals surface area contributed by atoms with Gasteiger partial charge in [0.15, 0.2) is 9.96 Å². The third kappa shape index (κ3) is 3.53. The number of carbonyl (C=O) groups is 1. The number of aromatic nitrogens is 4. The van der Waals surface area contributed by atoms with E-state index >= 15 is 0 Å². The Hall–Kier alpha value is -2.13. The quantitative estimate of drug-likeness (QED) is 0.726. The monoisotopic (exact) mass is 403 g/mol. The van der Waals surface area contributed by atoms with Gasteiger partial charge in [-0.3, -0.25) is 9.59 Å². The van der Waals surface area contributed by atoms with Crippen molar-refractivity contribution in [1.29, 1.82) is 0 Å². The number of rotatable bonds is 3. The van der Waals surface area contributed by atoms with Gasteiger partial charge in [-0.15, -0.1) is 27.8 Å². The molecule has 3 aromatic rings. The van der Waals surface area contributed by atoms with Crippen molar-refractivity contribution in [3.63, 3.8) is 0 Å². The van der Waals surface area contributed by atoms with Gasteiger partial charge >= 0.3 is 0 Å². The number of fused-ring (bicyclic) bond motifs is 3. The molecule has 3 aromatic heterocycles. The van der Waals surface area contributed by atoms with Crippen LogP contribution >= 0.6 is 22.7 Å². The van der Waals surface area contributed by atoms with Crippen LogP contribution in [0.4, 0.5) is 5.13 Å². The van der Waals surface area contributed by atoms with Crippen LogP contribution in [0.5, 0.6) is 0 Å². The predicted octanol–water partition coefficient (Wildman–Crippen LogP) is 3.10. The third-order valence-electron chi connectivity index (χ3n) is 5.14. The van der Waals surface area contributed by atoms with Gasteiger partial charge in [0, 0.05) is 16.5 Å². The molecule has 0 fully saturated rings. The first-order valence-electron chi connectivity index (χ1n) is 8.90. The number of thiazole rings is 1. The number of nitrogens with one attached hydrogen (secondary N) is 1. The lowest BCUT2D eigenvalue weighted by Crippen LogP contribution is -2.31. The fourth-order valence-electron chi connectivity index (χ4n) is 3.55. The SMILES string of the molecule is CC(C)(C)C1CCc2c(sc3nnn(CC(=O)Nc4nccs4)c(=O)c23)C1. The van der Waals surface area contributed by atoms with Crippen LogP contribution in [-0.2, 0) is 24.2 Å². The molecule has 0 spiro atoms. The zero-order valence-electron chi connectivity index (χ0n) is 15.5. The van der Waals surface area contributed by atoms with Crippen LogP contribution in [-0.4, -0.2) is 25.9 Å². The highest BCUT2D eigenvalue weighted by atomic mass is 32.1. The number of thiophene rings is 1. The van der Waals surface area contributed by atoms with E-state index in [0.29, 0.717) is 21.3 Å². The summed E-state index contributed by atoms with van der Waals surface area (Å²) < 4.78 is 1.15. The molecule has 3 heterocycles. The highest BCUT2D eigenvalue weighted by Gasteiger charge is 2.32. The van der Waals surface area contributed by atoms with Crippen LogP contribution in [0.1, 0.15) is 37.6 Å². The van der Waals surface area contributed by atoms with Crippen molar-refractivity contribution in [2.24, 2.45) is 11.3 Å². The summed E-state index contributed by atoms with van der Waals surface area (Å²) in [4.78, 5) is 31.1. The average Bonchev–Trinajstić information content (AvgIpc) is 3.23. The van der Waals surface area contributed by atoms with Gasteiger partial charge in [-0.05, 0) is 36.2 Å². The summed E-state index contributed by atoms with van der Waals surface area (Å²) in [5, 5.41) is 13.8. The van der Waals surface area contributed by atoms with Crippen molar-refractivity contribution in [2.75, 3.05) is 5.32 Å². The molecule has 0 saturated carbocycles. The zero-order valence-corrected chi connectivity index (χ0v) is 17.1. The van der Waals surface area contributed by atoms with Gasteiger partial charge in [0.05, 0.1) is 5.39 Å². The smallest absolute Gasteiger partial charge is 0.279 e. The fraction of sp³-hybridized carbons (Fsp3) is 0.500. The number of anilines is 1. The maximum atomic E-state index is 13.0. The van der Waals surface area contributed by atoms with Gasteiger partial charge in [0.2, 0.25) is 5.91 Å². The average molecular weight is 404 g/mol. The molecule has 0 aliphatic heterocycles. The summed E-state index contributed by atoms with van der Waals surface area (Å²) in [7, 11) is 0. The lowest BCUT2D eigenvalue weighted by molar-refractivity contribution is -0.117. The highest BCUT2D eigenvalue weighted by molar-refractivity contribution is 7.18. The molecule has 27 heavy (non-hydrogen) atoms. The molecule has 1 atom stereocenters. The van der Waals surface area contributed by atoms with E-state index in [0.717, 1.165) is 29.5 Å². The van der Waals surface area contributed by atoms with Gasteiger partial charge in [-0.25, -0.2) is 9.67 Å². The Morgan fingerprint density at radius 1 is 1.41 bits per heavy atom. The lowest BCUT2D eigenvalue weighted by Gasteiger charge is -2.33. The van der Waals surface area contributed by atoms with E-state index in [1.807, 2.05) is 0 Å². The maximum absolute atomic E-state index is 13.0. The number of hydrogen-bond donors (Lipinski definition) is 1. The molecule has 0 bridgehead atoms. The number of nitrogens with zero attached hydrogens (tertiary/aromatic N) is 4. The number of aryl methyl sites for hydroxylation is 1. The number of hydrogen-bond acceptors (Lipinski definition) is 7. The maximum Gasteiger partial charge on any atom is 0.279 e. The van der Waals surface area contributed by atoms with Gasteiger partial charge < -0.3 is 5.32 Å². The molecule has 7 nitrogen and oxygen atoms in total. The van der Waals surface area contributed by atoms with E-state index in [9.17, 15) is 9.59 Å². The number of carbonyl (C=O) groups excluding carboxylic acids is 1. The van der Waals surface area contributed by atoms with E-state index in [1.54, 1.807) is 22.9 Å². The Morgan fingerprint density at radius 2 is 2.22 bits per heavy atom. The summed E-state index contributed by atoms with van der Waals surface area (Å²) in [6.07, 6.45) is 4.53. The fourth-order valence-corrected chi connectivity index (χ4v) is 5.33. The molecule has 0 aromatic carbocycles. The Kier molecular flexibility index (Phi) is 4.59. The standard InChI is InChI=1S/C18H21N5O2S2/c1-18(2,3)10-4-5-11-12(8-10)27-15-14(11)16(25)23(22-21-15)9-13(24)20-17-19-6-7-26-17/h6-7,10H,4-5,8-9H2,1-3H3,(H,19,20,24). The van der Waals surface area contributed by atoms with E-state index < -0.39 is 0 Å². The highest BCUT2D eigenvalue weighted by Crippen LogP contribution is 2.41. The minimum Gasteiger partial charge on any atom is -0.300 e. The number of amides is 1. The second-order valence-corrected chi connectivity index (χ2v) is 9.91. The molecular formula is C18H21N5O2S2. The third-order valence-corrected chi connectivity index (χ3v) is 6.96. The lowest BCUT2D eigenvalue weighted by atomic mass is 9.72. The Balaban J connectivity index is 1.63. The Bertz CT molecular complexity index is 1050. The zero-order chi connectivity index (χ0) is 19.2. The van der Waals surface area contributed by atoms with Crippen LogP contribution in [0.2, 0.25) is 0 Å². The molecule has 1 N–H and O–H groups in total. The normalized spacial score (nSPS) is 17.1. The van der Waals surface area contributed by atoms with Crippen molar-refractivity contribution >= 4 is 43.9 Å². The summed E-state index contributed by atoms with van der Waals surface area (Å²) in [6.45, 7) is 6.63. The van der Waals surface area contributed by atoms with Crippen LogP contribution in [0, 0.1) is 11.3 Å². The van der Waals surface area contributed by atoms with Crippen molar-refractivity contribution in [1.82, 2.24) is 20.0 Å². The summed E-state index contributed by atoms with van der Waals surface area (Å²) in [5.74, 6) is 0.259. The molecule has 1 unspecified atom stereocenters. The van der Waals surface area contributed by atoms with Crippen LogP contribution in [0.25, 0.3) is 10.2 Å². The Labute approximate surface area is 164 Å². The molecule has 0 saturated heterocycles. The van der Waals surface area contributed by atoms with E-state index in [4.69, 9.17) is 0 Å². The molecule has 4 rings (SSSR count). The molecule has 142 valence electrons. The summed E-state index contributed by atoms with van der Waals surface area (Å²) in [6, 6.07) is 0. The van der Waals surface area contributed by atoms with Gasteiger partial charge in [-0.1, -0.05) is 26.0 Å². The molecule has 9 heteroatoms. The first-order chi connectivity index (χ1) is 12.8. The van der Waals surface area contributed by atoms with Crippen molar-refractivity contribution < 1.29 is 4.79 Å². The van der Waals surface area contributed by atoms with Crippen LogP contribution < -0.4 is 10.9 Å². The molecule has 1 aliphatic carbocycles. The van der Waals surface area contributed by atoms with Gasteiger partial charge in [-0.2, -0.15) is 0 Å². The Morgan fingerprint density at radius 3 is 2.93 bits per heavy atom. The minimum absolute atomic E-state index is 0.170. The van der Waals surface area contributed by atoms with Crippen molar-refractivity contribution in [3.05, 3.63) is 32.4 Å². The minimum atomic E-state index is -0.336. The second kappa shape index (κ2) is 6.79. The molecule has 1 aliphatic rings. The first kappa shape index (κ1) is 18.2. The largest absolute Gasteiger partial charge is 0.300 e. The van der Waals surface area contributed by atoms with Gasteiger partial charge in [0.1, 0.15) is 6.54 Å². The molecule has 1 amide bonds. The van der Waals surface area contributed by atoms with Crippen LogP contribution in [0.3, 0.4) is 0 Å².